The first-order chi connectivity index (χ1) is 20.9. The van der Waals surface area contributed by atoms with Crippen LogP contribution >= 0.6 is 22.0 Å². The summed E-state index contributed by atoms with van der Waals surface area (Å²) in [6.45, 7) is 5.52. The molecule has 2 heterocycles. The number of carbonyl (C=O) groups excluding carboxylic acids is 2. The number of aliphatic imine (C=N–C) groups is 1. The van der Waals surface area contributed by atoms with Crippen molar-refractivity contribution < 1.29 is 33.8 Å². The van der Waals surface area contributed by atoms with Gasteiger partial charge in [0.25, 0.3) is 0 Å². The van der Waals surface area contributed by atoms with Gasteiger partial charge in [-0.1, -0.05) is 49.4 Å². The second-order valence-electron chi connectivity index (χ2n) is 10.4. The number of benzene rings is 3. The molecule has 3 aromatic carbocycles. The molecule has 1 aliphatic rings. The van der Waals surface area contributed by atoms with Crippen LogP contribution in [0.4, 0.5) is 35.6 Å². The molecule has 4 aromatic rings. The Kier molecular flexibility index (Phi) is 7.87. The van der Waals surface area contributed by atoms with Crippen LogP contribution in [0, 0.1) is 13.8 Å². The fourth-order valence-corrected chi connectivity index (χ4v) is 6.19. The maximum atomic E-state index is 13.1. The van der Waals surface area contributed by atoms with Crippen LogP contribution in [0.15, 0.2) is 83.1 Å². The zero-order valence-electron chi connectivity index (χ0n) is 24.4. The number of amides is 3. The summed E-state index contributed by atoms with van der Waals surface area (Å²) in [5.74, 6) is -0.0845. The van der Waals surface area contributed by atoms with E-state index in [0.29, 0.717) is 40.3 Å². The number of nitrogens with zero attached hydrogens (tertiary/aromatic N) is 4. The van der Waals surface area contributed by atoms with E-state index in [4.69, 9.17) is 4.74 Å². The largest absolute Gasteiger partial charge is 0.377 e. The van der Waals surface area contributed by atoms with E-state index in [-0.39, 0.29) is 28.6 Å². The molecule has 1 atom stereocenters. The SMILES string of the molecule is COC(C)c1ccc(C)cc1N1C(=O)CS/C1=N\C(=O)Nc1ccc(-c2cn(-c3ccc(S(F)(F)(F)(F)F)cc3)cn2)cc1C. The molecular weight excluding hydrogens is 637 g/mol. The first-order valence-corrected chi connectivity index (χ1v) is 16.4. The van der Waals surface area contributed by atoms with Crippen molar-refractivity contribution in [3.63, 3.8) is 0 Å². The van der Waals surface area contributed by atoms with Crippen molar-refractivity contribution in [2.75, 3.05) is 23.1 Å². The first-order valence-electron chi connectivity index (χ1n) is 13.4. The minimum Gasteiger partial charge on any atom is -0.377 e. The molecule has 1 unspecified atom stereocenters. The number of ether oxygens (including phenoxy) is 1. The van der Waals surface area contributed by atoms with Crippen molar-refractivity contribution >= 4 is 50.5 Å². The van der Waals surface area contributed by atoms with Crippen LogP contribution in [-0.4, -0.2) is 39.5 Å². The van der Waals surface area contributed by atoms with Gasteiger partial charge in [-0.25, -0.2) is 9.78 Å². The molecule has 45 heavy (non-hydrogen) atoms. The predicted octanol–water partition coefficient (Wildman–Crippen LogP) is 9.19. The first kappa shape index (κ1) is 32.2. The highest BCUT2D eigenvalue weighted by Crippen LogP contribution is 3.02. The van der Waals surface area contributed by atoms with Crippen LogP contribution in [0.25, 0.3) is 16.9 Å². The Bertz CT molecular complexity index is 1850. The lowest BCUT2D eigenvalue weighted by atomic mass is 10.0. The topological polar surface area (TPSA) is 88.8 Å². The second-order valence-corrected chi connectivity index (χ2v) is 13.8. The van der Waals surface area contributed by atoms with Crippen LogP contribution in [0.1, 0.15) is 29.7 Å². The van der Waals surface area contributed by atoms with Crippen molar-refractivity contribution in [1.29, 1.82) is 0 Å². The third-order valence-electron chi connectivity index (χ3n) is 7.11. The number of anilines is 2. The second kappa shape index (κ2) is 11.0. The van der Waals surface area contributed by atoms with Crippen LogP contribution < -0.4 is 10.2 Å². The Morgan fingerprint density at radius 2 is 1.76 bits per heavy atom. The van der Waals surface area contributed by atoms with Gasteiger partial charge in [-0.05, 0) is 74.4 Å². The molecule has 0 aliphatic carbocycles. The molecule has 1 fully saturated rings. The average Bonchev–Trinajstić information content (AvgIpc) is 3.59. The number of thioether (sulfide) groups is 1. The quantitative estimate of drug-likeness (QED) is 0.199. The minimum absolute atomic E-state index is 0.126. The van der Waals surface area contributed by atoms with Gasteiger partial charge in [0, 0.05) is 35.8 Å². The summed E-state index contributed by atoms with van der Waals surface area (Å²) in [6, 6.07) is 12.6. The Morgan fingerprint density at radius 3 is 2.40 bits per heavy atom. The van der Waals surface area contributed by atoms with Crippen molar-refractivity contribution in [2.45, 2.75) is 31.8 Å². The van der Waals surface area contributed by atoms with Crippen molar-refractivity contribution in [3.05, 3.63) is 89.9 Å². The Labute approximate surface area is 260 Å². The van der Waals surface area contributed by atoms with E-state index in [0.717, 1.165) is 35.0 Å². The molecule has 0 saturated carbocycles. The number of aromatic nitrogens is 2. The van der Waals surface area contributed by atoms with Gasteiger partial charge >= 0.3 is 16.3 Å². The summed E-state index contributed by atoms with van der Waals surface area (Å²) in [4.78, 5) is 33.8. The van der Waals surface area contributed by atoms with Crippen LogP contribution in [-0.2, 0) is 9.53 Å². The average molecular weight is 666 g/mol. The lowest BCUT2D eigenvalue weighted by molar-refractivity contribution is -0.115. The molecule has 8 nitrogen and oxygen atoms in total. The summed E-state index contributed by atoms with van der Waals surface area (Å²) in [5, 5.41) is 2.98. The number of rotatable bonds is 7. The fourth-order valence-electron chi connectivity index (χ4n) is 4.68. The minimum atomic E-state index is -9.77. The third kappa shape index (κ3) is 7.05. The van der Waals surface area contributed by atoms with Crippen molar-refractivity contribution in [2.24, 2.45) is 4.99 Å². The highest BCUT2D eigenvalue weighted by atomic mass is 32.5. The van der Waals surface area contributed by atoms with Gasteiger partial charge in [0.05, 0.1) is 29.6 Å². The van der Waals surface area contributed by atoms with E-state index in [1.54, 1.807) is 38.4 Å². The predicted molar refractivity (Wildman–Crippen MR) is 168 cm³/mol. The Hall–Kier alpha value is -4.21. The molecular formula is C30H28F5N5O3S2. The molecule has 1 N–H and O–H groups in total. The number of urea groups is 1. The number of hydrogen-bond donors (Lipinski definition) is 1. The van der Waals surface area contributed by atoms with Crippen molar-refractivity contribution in [3.8, 4) is 16.9 Å². The lowest BCUT2D eigenvalue weighted by Gasteiger charge is -2.40. The Balaban J connectivity index is 1.33. The van der Waals surface area contributed by atoms with Gasteiger partial charge in [-0.3, -0.25) is 9.69 Å². The maximum absolute atomic E-state index is 13.1. The van der Waals surface area contributed by atoms with Gasteiger partial charge in [0.1, 0.15) is 4.90 Å². The molecule has 5 rings (SSSR count). The summed E-state index contributed by atoms with van der Waals surface area (Å²) in [5.41, 5.74) is 4.75. The molecule has 1 aliphatic heterocycles. The summed E-state index contributed by atoms with van der Waals surface area (Å²) < 4.78 is 72.2. The van der Waals surface area contributed by atoms with Gasteiger partial charge in [0.2, 0.25) is 5.91 Å². The maximum Gasteiger partial charge on any atom is 0.347 e. The third-order valence-corrected chi connectivity index (χ3v) is 9.19. The Morgan fingerprint density at radius 1 is 1.04 bits per heavy atom. The van der Waals surface area contributed by atoms with E-state index in [9.17, 15) is 29.0 Å². The number of imidazole rings is 1. The molecule has 1 saturated heterocycles. The van der Waals surface area contributed by atoms with Gasteiger partial charge in [-0.2, -0.15) is 4.99 Å². The standard InChI is InChI=1S/C30H28F5N5O3S2/c1-18-5-11-24(20(3)43-4)27(13-18)40-28(41)16-44-30(40)38-29(42)37-25-12-6-21(14-19(25)2)26-15-39(17-36-26)22-7-9-23(10-8-22)45(31,32,33,34)35/h5-15,17,20H,16H2,1-4H3,(H,37,42)/b38-30-. The summed E-state index contributed by atoms with van der Waals surface area (Å²) in [7, 11) is -8.20. The smallest absolute Gasteiger partial charge is 0.347 e. The van der Waals surface area contributed by atoms with E-state index < -0.39 is 21.2 Å². The summed E-state index contributed by atoms with van der Waals surface area (Å²) >= 11 is 1.16. The van der Waals surface area contributed by atoms with Gasteiger partial charge in [-0.15, -0.1) is 0 Å². The highest BCUT2D eigenvalue weighted by molar-refractivity contribution is 8.45. The fraction of sp³-hybridized carbons (Fsp3) is 0.200. The molecule has 0 spiro atoms. The monoisotopic (exact) mass is 665 g/mol. The highest BCUT2D eigenvalue weighted by Gasteiger charge is 2.65. The number of aryl methyl sites for hydroxylation is 2. The van der Waals surface area contributed by atoms with E-state index in [1.165, 1.54) is 15.8 Å². The molecule has 0 bridgehead atoms. The summed E-state index contributed by atoms with van der Waals surface area (Å²) in [6.07, 6.45) is 2.59. The number of methoxy groups -OCH3 is 1. The molecule has 0 radical (unpaired) electrons. The molecule has 15 heteroatoms. The number of carbonyl (C=O) groups is 2. The lowest BCUT2D eigenvalue weighted by Crippen LogP contribution is -2.31. The number of nitrogens with one attached hydrogen (secondary N) is 1. The van der Waals surface area contributed by atoms with Crippen molar-refractivity contribution in [1.82, 2.24) is 9.55 Å². The number of amidine groups is 1. The van der Waals surface area contributed by atoms with Crippen LogP contribution in [0.5, 0.6) is 0 Å². The van der Waals surface area contributed by atoms with Crippen LogP contribution in [0.2, 0.25) is 0 Å². The normalized spacial score (nSPS) is 16.9. The zero-order chi connectivity index (χ0) is 32.8. The number of hydrogen-bond acceptors (Lipinski definition) is 5. The number of halogens is 5. The molecule has 3 amide bonds. The van der Waals surface area contributed by atoms with Gasteiger partial charge < -0.3 is 14.6 Å². The molecule has 1 aromatic heterocycles. The van der Waals surface area contributed by atoms with Crippen LogP contribution in [0.3, 0.4) is 0 Å². The van der Waals surface area contributed by atoms with E-state index >= 15 is 0 Å². The van der Waals surface area contributed by atoms with E-state index in [2.05, 4.69) is 15.3 Å². The molecule has 238 valence electrons. The van der Waals surface area contributed by atoms with Gasteiger partial charge in [0.15, 0.2) is 5.17 Å². The van der Waals surface area contributed by atoms with E-state index in [1.807, 2.05) is 32.0 Å². The zero-order valence-corrected chi connectivity index (χ0v) is 26.1.